The van der Waals surface area contributed by atoms with E-state index in [1.807, 2.05) is 4.90 Å². The summed E-state index contributed by atoms with van der Waals surface area (Å²) in [4.78, 5) is 14.9. The third-order valence-corrected chi connectivity index (χ3v) is 3.89. The van der Waals surface area contributed by atoms with Gasteiger partial charge in [0.1, 0.15) is 0 Å². The zero-order chi connectivity index (χ0) is 16.3. The van der Waals surface area contributed by atoms with Gasteiger partial charge in [0.25, 0.3) is 0 Å². The summed E-state index contributed by atoms with van der Waals surface area (Å²) in [5.41, 5.74) is 0.115. The van der Waals surface area contributed by atoms with Crippen LogP contribution in [0.3, 0.4) is 0 Å². The second kappa shape index (κ2) is 8.09. The van der Waals surface area contributed by atoms with Crippen LogP contribution < -0.4 is 23.8 Å². The molecule has 4 nitrogen and oxygen atoms in total. The minimum absolute atomic E-state index is 0. The number of hydrogen-bond donors (Lipinski definition) is 1. The second-order valence-electron chi connectivity index (χ2n) is 5.57. The van der Waals surface area contributed by atoms with Crippen molar-refractivity contribution < 1.29 is 43.4 Å². The number of aliphatic carboxylic acids is 1. The molecule has 124 valence electrons. The summed E-state index contributed by atoms with van der Waals surface area (Å²) in [7, 11) is 0. The van der Waals surface area contributed by atoms with Crippen molar-refractivity contribution >= 4 is 11.7 Å². The van der Waals surface area contributed by atoms with Gasteiger partial charge in [0.2, 0.25) is 0 Å². The fraction of sp³-hybridized carbons (Fsp3) is 0.533. The van der Waals surface area contributed by atoms with Crippen LogP contribution in [0.15, 0.2) is 24.3 Å². The average Bonchev–Trinajstić information content (AvgIpc) is 2.47. The smallest absolute Gasteiger partial charge is 1.00 e. The summed E-state index contributed by atoms with van der Waals surface area (Å²) in [5.74, 6) is -1.23. The number of piperazine rings is 1. The predicted molar refractivity (Wildman–Crippen MR) is 78.0 cm³/mol. The molecule has 23 heavy (non-hydrogen) atoms. The van der Waals surface area contributed by atoms with Gasteiger partial charge in [-0.25, -0.2) is 0 Å². The topological polar surface area (TPSA) is 43.8 Å². The van der Waals surface area contributed by atoms with E-state index in [0.717, 1.165) is 17.8 Å². The molecule has 1 heterocycles. The summed E-state index contributed by atoms with van der Waals surface area (Å²) in [5, 5.41) is 8.91. The van der Waals surface area contributed by atoms with Crippen molar-refractivity contribution in [2.24, 2.45) is 5.92 Å². The van der Waals surface area contributed by atoms with Crippen LogP contribution in [-0.4, -0.2) is 48.7 Å². The molecule has 0 aliphatic carbocycles. The van der Waals surface area contributed by atoms with Crippen LogP contribution in [0.5, 0.6) is 0 Å². The molecule has 0 aromatic heterocycles. The molecule has 0 saturated carbocycles. The number of carbonyl (C=O) groups is 1. The van der Waals surface area contributed by atoms with Crippen molar-refractivity contribution in [2.75, 3.05) is 37.6 Å². The number of hydrogen-bond acceptors (Lipinski definition) is 3. The predicted octanol–water partition coefficient (Wildman–Crippen LogP) is -0.335. The Morgan fingerprint density at radius 2 is 1.74 bits per heavy atom. The summed E-state index contributed by atoms with van der Waals surface area (Å²) >= 11 is 0. The van der Waals surface area contributed by atoms with Crippen molar-refractivity contribution in [1.29, 1.82) is 0 Å². The van der Waals surface area contributed by atoms with E-state index in [4.69, 9.17) is 5.11 Å². The van der Waals surface area contributed by atoms with Crippen LogP contribution in [0.2, 0.25) is 0 Å². The standard InChI is InChI=1S/C15H19F3N2O2.Li.H/c1-11(14(21)22)10-19-6-8-20(9-7-19)13-4-2-12(3-5-13)15(16,17)18;;/h2-5,11H,6-10H2,1H3,(H,21,22);;/q;+1;-1. The molecule has 1 saturated heterocycles. The molecular weight excluding hydrogens is 304 g/mol. The monoisotopic (exact) mass is 324 g/mol. The van der Waals surface area contributed by atoms with Gasteiger partial charge < -0.3 is 11.4 Å². The molecule has 8 heteroatoms. The van der Waals surface area contributed by atoms with Crippen LogP contribution in [0.25, 0.3) is 0 Å². The summed E-state index contributed by atoms with van der Waals surface area (Å²) in [6.45, 7) is 4.94. The van der Waals surface area contributed by atoms with Crippen LogP contribution in [-0.2, 0) is 11.0 Å². The third kappa shape index (κ3) is 5.45. The number of halogens is 3. The molecule has 1 fully saturated rings. The van der Waals surface area contributed by atoms with E-state index in [1.165, 1.54) is 12.1 Å². The number of alkyl halides is 3. The number of rotatable bonds is 4. The number of carboxylic acid groups (broad SMARTS) is 1. The normalized spacial score (nSPS) is 17.5. The van der Waals surface area contributed by atoms with Crippen LogP contribution >= 0.6 is 0 Å². The Hall–Kier alpha value is -1.16. The van der Waals surface area contributed by atoms with E-state index in [2.05, 4.69) is 4.90 Å². The van der Waals surface area contributed by atoms with E-state index in [0.29, 0.717) is 32.7 Å². The molecule has 1 atom stereocenters. The number of nitrogens with zero attached hydrogens (tertiary/aromatic N) is 2. The number of carboxylic acids is 1. The van der Waals surface area contributed by atoms with Crippen molar-refractivity contribution in [3.05, 3.63) is 29.8 Å². The van der Waals surface area contributed by atoms with Gasteiger partial charge in [-0.05, 0) is 24.3 Å². The van der Waals surface area contributed by atoms with E-state index < -0.39 is 23.6 Å². The molecule has 1 aromatic rings. The molecule has 0 spiro atoms. The Kier molecular flexibility index (Phi) is 6.99. The van der Waals surface area contributed by atoms with Gasteiger partial charge in [-0.2, -0.15) is 13.2 Å². The molecule has 1 aliphatic rings. The van der Waals surface area contributed by atoms with Gasteiger partial charge in [0.15, 0.2) is 0 Å². The van der Waals surface area contributed by atoms with Gasteiger partial charge in [0, 0.05) is 38.4 Å². The van der Waals surface area contributed by atoms with Gasteiger partial charge >= 0.3 is 31.0 Å². The molecule has 0 bridgehead atoms. The molecule has 0 amide bonds. The number of anilines is 1. The first-order valence-electron chi connectivity index (χ1n) is 7.15. The second-order valence-corrected chi connectivity index (χ2v) is 5.57. The van der Waals surface area contributed by atoms with E-state index >= 15 is 0 Å². The Morgan fingerprint density at radius 3 is 2.17 bits per heavy atom. The quantitative estimate of drug-likeness (QED) is 0.770. The van der Waals surface area contributed by atoms with E-state index in [1.54, 1.807) is 6.92 Å². The van der Waals surface area contributed by atoms with Crippen molar-refractivity contribution in [2.45, 2.75) is 13.1 Å². The molecule has 1 aromatic carbocycles. The largest absolute Gasteiger partial charge is 1.00 e. The maximum atomic E-state index is 12.5. The molecular formula is C15H20F3LiN2O2. The average molecular weight is 324 g/mol. The van der Waals surface area contributed by atoms with Crippen molar-refractivity contribution in [3.8, 4) is 0 Å². The number of benzene rings is 1. The van der Waals surface area contributed by atoms with Crippen LogP contribution in [0.4, 0.5) is 18.9 Å². The van der Waals surface area contributed by atoms with Gasteiger partial charge in [-0.1, -0.05) is 6.92 Å². The van der Waals surface area contributed by atoms with Gasteiger partial charge in [0.05, 0.1) is 11.5 Å². The molecule has 2 rings (SSSR count). The fourth-order valence-electron chi connectivity index (χ4n) is 2.52. The Balaban J connectivity index is 0.00000264. The third-order valence-electron chi connectivity index (χ3n) is 3.89. The fourth-order valence-corrected chi connectivity index (χ4v) is 2.52. The zero-order valence-electron chi connectivity index (χ0n) is 14.3. The first kappa shape index (κ1) is 19.9. The molecule has 1 unspecified atom stereocenters. The Morgan fingerprint density at radius 1 is 1.22 bits per heavy atom. The van der Waals surface area contributed by atoms with Crippen LogP contribution in [0, 0.1) is 5.92 Å². The van der Waals surface area contributed by atoms with E-state index in [9.17, 15) is 18.0 Å². The van der Waals surface area contributed by atoms with E-state index in [-0.39, 0.29) is 20.3 Å². The maximum Gasteiger partial charge on any atom is 1.00 e. The minimum Gasteiger partial charge on any atom is -1.00 e. The summed E-state index contributed by atoms with van der Waals surface area (Å²) < 4.78 is 37.6. The summed E-state index contributed by atoms with van der Waals surface area (Å²) in [6.07, 6.45) is -4.32. The van der Waals surface area contributed by atoms with Crippen molar-refractivity contribution in [3.63, 3.8) is 0 Å². The first-order valence-corrected chi connectivity index (χ1v) is 7.15. The Bertz CT molecular complexity index is 520. The van der Waals surface area contributed by atoms with Crippen LogP contribution in [0.1, 0.15) is 13.9 Å². The molecule has 0 radical (unpaired) electrons. The summed E-state index contributed by atoms with van der Waals surface area (Å²) in [6, 6.07) is 5.15. The van der Waals surface area contributed by atoms with Gasteiger partial charge in [-0.3, -0.25) is 9.69 Å². The van der Waals surface area contributed by atoms with Gasteiger partial charge in [-0.15, -0.1) is 0 Å². The Labute approximate surface area is 146 Å². The zero-order valence-corrected chi connectivity index (χ0v) is 13.3. The first-order chi connectivity index (χ1) is 10.3. The molecule has 1 N–H and O–H groups in total. The van der Waals surface area contributed by atoms with Crippen molar-refractivity contribution in [1.82, 2.24) is 4.90 Å². The minimum atomic E-state index is -4.32. The molecule has 1 aliphatic heterocycles. The SMILES string of the molecule is CC(CN1CCN(c2ccc(C(F)(F)F)cc2)CC1)C(=O)O.[H-].[Li+]. The maximum absolute atomic E-state index is 12.5.